The van der Waals surface area contributed by atoms with Crippen LogP contribution in [0.2, 0.25) is 0 Å². The molecule has 2 aliphatic carbocycles. The number of hydrogen-bond donors (Lipinski definition) is 1. The monoisotopic (exact) mass is 387 g/mol. The molecular weight excluding hydrogens is 358 g/mol. The quantitative estimate of drug-likeness (QED) is 0.585. The Morgan fingerprint density at radius 2 is 1.83 bits per heavy atom. The maximum Gasteiger partial charge on any atom is 0.130 e. The molecule has 29 heavy (non-hydrogen) atoms. The Morgan fingerprint density at radius 3 is 2.72 bits per heavy atom. The fourth-order valence-electron chi connectivity index (χ4n) is 5.19. The largest absolute Gasteiger partial charge is 0.487 e. The van der Waals surface area contributed by atoms with Crippen LogP contribution in [0.1, 0.15) is 61.4 Å². The number of aryl methyl sites for hydroxylation is 1. The molecule has 0 unspecified atom stereocenters. The van der Waals surface area contributed by atoms with Crippen molar-refractivity contribution in [3.05, 3.63) is 71.4 Å². The SMILES string of the molecule is O[C@@H]1c2cc(OCc3ccc4ccccc4n3)ccc2CC[C@H]1CC1CCCC1. The third-order valence-corrected chi connectivity index (χ3v) is 6.82. The Labute approximate surface area is 172 Å². The third-order valence-electron chi connectivity index (χ3n) is 6.82. The second kappa shape index (κ2) is 8.16. The molecule has 0 radical (unpaired) electrons. The van der Waals surface area contributed by atoms with Crippen molar-refractivity contribution in [3.8, 4) is 5.75 Å². The van der Waals surface area contributed by atoms with E-state index < -0.39 is 0 Å². The van der Waals surface area contributed by atoms with E-state index in [4.69, 9.17) is 4.74 Å². The minimum absolute atomic E-state index is 0.360. The number of pyridine rings is 1. The first-order chi connectivity index (χ1) is 14.3. The lowest BCUT2D eigenvalue weighted by Gasteiger charge is -2.32. The molecule has 5 rings (SSSR count). The molecule has 3 aromatic rings. The summed E-state index contributed by atoms with van der Waals surface area (Å²) in [6, 6.07) is 18.5. The normalized spacial score (nSPS) is 22.0. The summed E-state index contributed by atoms with van der Waals surface area (Å²) in [7, 11) is 0. The van der Waals surface area contributed by atoms with Gasteiger partial charge in [-0.2, -0.15) is 0 Å². The molecule has 0 bridgehead atoms. The highest BCUT2D eigenvalue weighted by Gasteiger charge is 2.31. The zero-order chi connectivity index (χ0) is 19.6. The number of benzene rings is 2. The van der Waals surface area contributed by atoms with Gasteiger partial charge in [0.2, 0.25) is 0 Å². The van der Waals surface area contributed by atoms with Gasteiger partial charge in [-0.1, -0.05) is 56.0 Å². The molecule has 2 aromatic carbocycles. The lowest BCUT2D eigenvalue weighted by molar-refractivity contribution is 0.0780. The molecule has 1 fully saturated rings. The first-order valence-electron chi connectivity index (χ1n) is 11.0. The predicted molar refractivity (Wildman–Crippen MR) is 116 cm³/mol. The van der Waals surface area contributed by atoms with Crippen molar-refractivity contribution in [3.63, 3.8) is 0 Å². The second-order valence-corrected chi connectivity index (χ2v) is 8.77. The van der Waals surface area contributed by atoms with E-state index >= 15 is 0 Å². The number of hydrogen-bond acceptors (Lipinski definition) is 3. The minimum atomic E-state index is -0.360. The van der Waals surface area contributed by atoms with Gasteiger partial charge in [0.05, 0.1) is 17.3 Å². The average molecular weight is 388 g/mol. The van der Waals surface area contributed by atoms with Crippen molar-refractivity contribution < 1.29 is 9.84 Å². The topological polar surface area (TPSA) is 42.4 Å². The standard InChI is InChI=1S/C26H29NO2/c28-26-21(15-18-5-1-2-6-18)10-9-19-12-14-23(16-24(19)26)29-17-22-13-11-20-7-3-4-8-25(20)27-22/h3-4,7-8,11-14,16,18,21,26,28H,1-2,5-6,9-10,15,17H2/t21-,26-/m0/s1. The van der Waals surface area contributed by atoms with Gasteiger partial charge in [-0.05, 0) is 66.5 Å². The zero-order valence-electron chi connectivity index (χ0n) is 16.9. The summed E-state index contributed by atoms with van der Waals surface area (Å²) in [6.07, 6.45) is 8.40. The summed E-state index contributed by atoms with van der Waals surface area (Å²) in [5.74, 6) is 2.02. The lowest BCUT2D eigenvalue weighted by atomic mass is 9.77. The fourth-order valence-corrected chi connectivity index (χ4v) is 5.19. The van der Waals surface area contributed by atoms with Crippen molar-refractivity contribution in [2.75, 3.05) is 0 Å². The Morgan fingerprint density at radius 1 is 0.966 bits per heavy atom. The van der Waals surface area contributed by atoms with Crippen molar-refractivity contribution in [2.45, 2.75) is 57.7 Å². The fraction of sp³-hybridized carbons (Fsp3) is 0.423. The Hall–Kier alpha value is -2.39. The van der Waals surface area contributed by atoms with Gasteiger partial charge < -0.3 is 9.84 Å². The molecule has 0 saturated heterocycles. The molecule has 1 aromatic heterocycles. The van der Waals surface area contributed by atoms with Crippen LogP contribution in [0.25, 0.3) is 10.9 Å². The van der Waals surface area contributed by atoms with E-state index in [0.717, 1.165) is 46.7 Å². The lowest BCUT2D eigenvalue weighted by Crippen LogP contribution is -2.22. The third kappa shape index (κ3) is 4.02. The van der Waals surface area contributed by atoms with Crippen LogP contribution in [0.15, 0.2) is 54.6 Å². The number of ether oxygens (including phenoxy) is 1. The van der Waals surface area contributed by atoms with Gasteiger partial charge in [0, 0.05) is 5.39 Å². The van der Waals surface area contributed by atoms with E-state index in [1.165, 1.54) is 37.7 Å². The Bertz CT molecular complexity index is 993. The van der Waals surface area contributed by atoms with Crippen molar-refractivity contribution in [1.82, 2.24) is 4.98 Å². The second-order valence-electron chi connectivity index (χ2n) is 8.77. The molecule has 1 N–H and O–H groups in total. The molecule has 2 aliphatic rings. The highest BCUT2D eigenvalue weighted by Crippen LogP contribution is 2.42. The number of rotatable bonds is 5. The van der Waals surface area contributed by atoms with E-state index in [-0.39, 0.29) is 6.10 Å². The summed E-state index contributed by atoms with van der Waals surface area (Å²) in [5.41, 5.74) is 4.25. The smallest absolute Gasteiger partial charge is 0.130 e. The van der Waals surface area contributed by atoms with Crippen molar-refractivity contribution in [2.24, 2.45) is 11.8 Å². The molecule has 1 heterocycles. The maximum atomic E-state index is 11.0. The summed E-state index contributed by atoms with van der Waals surface area (Å²) < 4.78 is 6.05. The van der Waals surface area contributed by atoms with Crippen LogP contribution in [-0.4, -0.2) is 10.1 Å². The number of fused-ring (bicyclic) bond motifs is 2. The first-order valence-corrected chi connectivity index (χ1v) is 11.0. The molecule has 0 amide bonds. The highest BCUT2D eigenvalue weighted by atomic mass is 16.5. The predicted octanol–water partition coefficient (Wildman–Crippen LogP) is 5.99. The molecule has 150 valence electrons. The van der Waals surface area contributed by atoms with Gasteiger partial charge in [0.15, 0.2) is 0 Å². The summed E-state index contributed by atoms with van der Waals surface area (Å²) >= 11 is 0. The van der Waals surface area contributed by atoms with Gasteiger partial charge in [-0.15, -0.1) is 0 Å². The van der Waals surface area contributed by atoms with E-state index in [9.17, 15) is 5.11 Å². The molecular formula is C26H29NO2. The Kier molecular flexibility index (Phi) is 5.24. The molecule has 2 atom stereocenters. The molecule has 3 nitrogen and oxygen atoms in total. The van der Waals surface area contributed by atoms with Crippen molar-refractivity contribution in [1.29, 1.82) is 0 Å². The van der Waals surface area contributed by atoms with Crippen LogP contribution in [-0.2, 0) is 13.0 Å². The molecule has 3 heteroatoms. The van der Waals surface area contributed by atoms with E-state index in [2.05, 4.69) is 29.2 Å². The van der Waals surface area contributed by atoms with Gasteiger partial charge in [0.25, 0.3) is 0 Å². The number of para-hydroxylation sites is 1. The van der Waals surface area contributed by atoms with E-state index in [1.807, 2.05) is 30.3 Å². The summed E-state index contributed by atoms with van der Waals surface area (Å²) in [6.45, 7) is 0.436. The summed E-state index contributed by atoms with van der Waals surface area (Å²) in [4.78, 5) is 4.69. The van der Waals surface area contributed by atoms with Gasteiger partial charge in [0.1, 0.15) is 12.4 Å². The van der Waals surface area contributed by atoms with Crippen molar-refractivity contribution >= 4 is 10.9 Å². The van der Waals surface area contributed by atoms with Crippen LogP contribution >= 0.6 is 0 Å². The Balaban J connectivity index is 1.28. The van der Waals surface area contributed by atoms with Gasteiger partial charge in [-0.25, -0.2) is 4.98 Å². The van der Waals surface area contributed by atoms with Gasteiger partial charge >= 0.3 is 0 Å². The van der Waals surface area contributed by atoms with E-state index in [1.54, 1.807) is 0 Å². The highest BCUT2D eigenvalue weighted by molar-refractivity contribution is 5.78. The van der Waals surface area contributed by atoms with Crippen LogP contribution in [0.4, 0.5) is 0 Å². The van der Waals surface area contributed by atoms with Crippen LogP contribution in [0.5, 0.6) is 5.75 Å². The number of aromatic nitrogens is 1. The minimum Gasteiger partial charge on any atom is -0.487 e. The summed E-state index contributed by atoms with van der Waals surface area (Å²) in [5, 5.41) is 12.2. The zero-order valence-corrected chi connectivity index (χ0v) is 16.9. The molecule has 1 saturated carbocycles. The maximum absolute atomic E-state index is 11.0. The average Bonchev–Trinajstić information content (AvgIpc) is 3.27. The number of aliphatic hydroxyl groups is 1. The first kappa shape index (κ1) is 18.6. The molecule has 0 spiro atoms. The number of aliphatic hydroxyl groups excluding tert-OH is 1. The van der Waals surface area contributed by atoms with Crippen LogP contribution in [0.3, 0.4) is 0 Å². The number of nitrogens with zero attached hydrogens (tertiary/aromatic N) is 1. The van der Waals surface area contributed by atoms with Gasteiger partial charge in [-0.3, -0.25) is 0 Å². The van der Waals surface area contributed by atoms with Crippen LogP contribution in [0, 0.1) is 11.8 Å². The van der Waals surface area contributed by atoms with E-state index in [0.29, 0.717) is 12.5 Å². The van der Waals surface area contributed by atoms with Crippen LogP contribution < -0.4 is 4.74 Å². The molecule has 0 aliphatic heterocycles.